The fourth-order valence-corrected chi connectivity index (χ4v) is 2.68. The molecule has 0 bridgehead atoms. The van der Waals surface area contributed by atoms with E-state index in [4.69, 9.17) is 5.11 Å². The lowest BCUT2D eigenvalue weighted by atomic mass is 10.3. The number of aromatic carboxylic acids is 1. The van der Waals surface area contributed by atoms with Gasteiger partial charge in [0.1, 0.15) is 10.7 Å². The first-order chi connectivity index (χ1) is 10.3. The Morgan fingerprint density at radius 3 is 2.73 bits per heavy atom. The summed E-state index contributed by atoms with van der Waals surface area (Å²) in [5.41, 5.74) is 0.458. The van der Waals surface area contributed by atoms with E-state index in [1.165, 1.54) is 10.9 Å². The second kappa shape index (κ2) is 4.63. The van der Waals surface area contributed by atoms with Crippen LogP contribution in [0.3, 0.4) is 0 Å². The van der Waals surface area contributed by atoms with Gasteiger partial charge in [0.05, 0.1) is 22.8 Å². The Balaban J connectivity index is 2.15. The number of aromatic amines is 1. The first-order valence-corrected chi connectivity index (χ1v) is 7.82. The van der Waals surface area contributed by atoms with Gasteiger partial charge in [0.2, 0.25) is 5.95 Å². The van der Waals surface area contributed by atoms with Crippen molar-refractivity contribution in [1.82, 2.24) is 19.7 Å². The third kappa shape index (κ3) is 2.33. The number of nitrogens with zero attached hydrogens (tertiary/aromatic N) is 3. The number of imidazole rings is 1. The van der Waals surface area contributed by atoms with E-state index >= 15 is 0 Å². The molecule has 0 fully saturated rings. The van der Waals surface area contributed by atoms with Crippen LogP contribution in [0.5, 0.6) is 0 Å². The summed E-state index contributed by atoms with van der Waals surface area (Å²) in [6, 6.07) is 2.13. The zero-order chi connectivity index (χ0) is 16.1. The van der Waals surface area contributed by atoms with Crippen molar-refractivity contribution in [3.8, 4) is 5.95 Å². The van der Waals surface area contributed by atoms with Gasteiger partial charge < -0.3 is 10.1 Å². The van der Waals surface area contributed by atoms with Gasteiger partial charge >= 0.3 is 5.97 Å². The number of H-pyrrole nitrogens is 1. The van der Waals surface area contributed by atoms with Gasteiger partial charge in [0.25, 0.3) is 0 Å². The summed E-state index contributed by atoms with van der Waals surface area (Å²) in [6.07, 6.45) is 3.27. The van der Waals surface area contributed by atoms with Gasteiger partial charge in [-0.25, -0.2) is 27.3 Å². The largest absolute Gasteiger partial charge is 0.478 e. The predicted octanol–water partition coefficient (Wildman–Crippen LogP) is 0.989. The highest BCUT2D eigenvalue weighted by Crippen LogP contribution is 2.22. The lowest BCUT2D eigenvalue weighted by Gasteiger charge is -1.99. The molecule has 2 heterocycles. The van der Waals surface area contributed by atoms with Crippen LogP contribution in [0.2, 0.25) is 0 Å². The Morgan fingerprint density at radius 1 is 1.41 bits per heavy atom. The Bertz CT molecular complexity index is 1010. The van der Waals surface area contributed by atoms with Crippen molar-refractivity contribution in [3.63, 3.8) is 0 Å². The number of hydrogen-bond acceptors (Lipinski definition) is 5. The number of sulfone groups is 1. The molecule has 0 atom stereocenters. The highest BCUT2D eigenvalue weighted by Gasteiger charge is 2.17. The fraction of sp³-hybridized carbons (Fsp3) is 0.0833. The quantitative estimate of drug-likeness (QED) is 0.742. The standard InChI is InChI=1S/C12H9FN4O4S/c1-22(20,21)10-3-9-8(2-7(10)13)15-12(16-9)17-5-6(4-14-17)11(18)19/h2-5H,1H3,(H,15,16)(H,18,19). The smallest absolute Gasteiger partial charge is 0.338 e. The van der Waals surface area contributed by atoms with Crippen LogP contribution in [0.1, 0.15) is 10.4 Å². The van der Waals surface area contributed by atoms with Crippen LogP contribution in [-0.2, 0) is 9.84 Å². The van der Waals surface area contributed by atoms with Crippen LogP contribution in [0.4, 0.5) is 4.39 Å². The number of fused-ring (bicyclic) bond motifs is 1. The Hall–Kier alpha value is -2.75. The van der Waals surface area contributed by atoms with Gasteiger partial charge in [-0.2, -0.15) is 5.10 Å². The number of halogens is 1. The van der Waals surface area contributed by atoms with Crippen LogP contribution in [0.25, 0.3) is 17.0 Å². The Morgan fingerprint density at radius 2 is 2.14 bits per heavy atom. The first-order valence-electron chi connectivity index (χ1n) is 5.93. The molecule has 3 aromatic rings. The molecule has 3 rings (SSSR count). The van der Waals surface area contributed by atoms with Crippen molar-refractivity contribution in [2.75, 3.05) is 6.26 Å². The maximum atomic E-state index is 13.8. The number of aromatic nitrogens is 4. The van der Waals surface area contributed by atoms with E-state index in [-0.39, 0.29) is 17.0 Å². The predicted molar refractivity (Wildman–Crippen MR) is 73.2 cm³/mol. The van der Waals surface area contributed by atoms with Crippen molar-refractivity contribution in [1.29, 1.82) is 0 Å². The maximum Gasteiger partial charge on any atom is 0.338 e. The van der Waals surface area contributed by atoms with Crippen molar-refractivity contribution in [3.05, 3.63) is 35.9 Å². The molecule has 0 radical (unpaired) electrons. The van der Waals surface area contributed by atoms with Crippen LogP contribution in [-0.4, -0.2) is 45.5 Å². The van der Waals surface area contributed by atoms with Gasteiger partial charge in [-0.3, -0.25) is 0 Å². The maximum absolute atomic E-state index is 13.8. The minimum Gasteiger partial charge on any atom is -0.478 e. The van der Waals surface area contributed by atoms with E-state index in [0.29, 0.717) is 5.52 Å². The van der Waals surface area contributed by atoms with Crippen LogP contribution in [0, 0.1) is 5.82 Å². The SMILES string of the molecule is CS(=O)(=O)c1cc2[nH]c(-n3cc(C(=O)O)cn3)nc2cc1F. The summed E-state index contributed by atoms with van der Waals surface area (Å²) in [4.78, 5) is 17.2. The minimum absolute atomic E-state index is 0.0385. The molecule has 0 saturated heterocycles. The summed E-state index contributed by atoms with van der Waals surface area (Å²) >= 11 is 0. The van der Waals surface area contributed by atoms with Crippen molar-refractivity contribution in [2.45, 2.75) is 4.90 Å². The molecule has 2 N–H and O–H groups in total. The second-order valence-electron chi connectivity index (χ2n) is 4.61. The summed E-state index contributed by atoms with van der Waals surface area (Å²) in [5, 5.41) is 12.7. The van der Waals surface area contributed by atoms with Crippen LogP contribution < -0.4 is 0 Å². The van der Waals surface area contributed by atoms with Crippen LogP contribution >= 0.6 is 0 Å². The summed E-state index contributed by atoms with van der Waals surface area (Å²) in [6.45, 7) is 0. The molecule has 114 valence electrons. The average molecular weight is 324 g/mol. The molecule has 1 aromatic carbocycles. The van der Waals surface area contributed by atoms with Crippen LogP contribution in [0.15, 0.2) is 29.4 Å². The molecule has 2 aromatic heterocycles. The normalized spacial score (nSPS) is 11.9. The van der Waals surface area contributed by atoms with Gasteiger partial charge in [0, 0.05) is 18.5 Å². The number of rotatable bonds is 3. The first kappa shape index (κ1) is 14.2. The summed E-state index contributed by atoms with van der Waals surface area (Å²) in [5.74, 6) is -1.90. The van der Waals surface area contributed by atoms with Gasteiger partial charge in [-0.15, -0.1) is 0 Å². The molecule has 0 spiro atoms. The molecular weight excluding hydrogens is 315 g/mol. The zero-order valence-electron chi connectivity index (χ0n) is 11.1. The monoisotopic (exact) mass is 324 g/mol. The van der Waals surface area contributed by atoms with Crippen molar-refractivity contribution < 1.29 is 22.7 Å². The molecule has 0 amide bonds. The lowest BCUT2D eigenvalue weighted by Crippen LogP contribution is -2.00. The number of carboxylic acids is 1. The van der Waals surface area contributed by atoms with E-state index in [0.717, 1.165) is 24.6 Å². The second-order valence-corrected chi connectivity index (χ2v) is 6.60. The highest BCUT2D eigenvalue weighted by atomic mass is 32.2. The molecule has 0 aliphatic carbocycles. The molecule has 10 heteroatoms. The van der Waals surface area contributed by atoms with E-state index in [1.54, 1.807) is 0 Å². The topological polar surface area (TPSA) is 118 Å². The number of carbonyl (C=O) groups is 1. The lowest BCUT2D eigenvalue weighted by molar-refractivity contribution is 0.0697. The molecule has 0 unspecified atom stereocenters. The van der Waals surface area contributed by atoms with Gasteiger partial charge in [0.15, 0.2) is 9.84 Å². The highest BCUT2D eigenvalue weighted by molar-refractivity contribution is 7.90. The van der Waals surface area contributed by atoms with Crippen molar-refractivity contribution in [2.24, 2.45) is 0 Å². The van der Waals surface area contributed by atoms with E-state index in [9.17, 15) is 17.6 Å². The minimum atomic E-state index is -3.71. The molecule has 8 nitrogen and oxygen atoms in total. The Labute approximate surface area is 123 Å². The molecule has 0 saturated carbocycles. The van der Waals surface area contributed by atoms with Crippen molar-refractivity contribution >= 4 is 26.8 Å². The van der Waals surface area contributed by atoms with Gasteiger partial charge in [-0.1, -0.05) is 0 Å². The summed E-state index contributed by atoms with van der Waals surface area (Å²) in [7, 11) is -3.71. The Kier molecular flexibility index (Phi) is 2.99. The molecule has 0 aliphatic heterocycles. The fourth-order valence-electron chi connectivity index (χ4n) is 1.94. The van der Waals surface area contributed by atoms with E-state index in [1.807, 2.05) is 0 Å². The third-order valence-corrected chi connectivity index (χ3v) is 4.08. The van der Waals surface area contributed by atoms with E-state index in [2.05, 4.69) is 15.1 Å². The molecule has 22 heavy (non-hydrogen) atoms. The number of hydrogen-bond donors (Lipinski definition) is 2. The average Bonchev–Trinajstić information content (AvgIpc) is 3.01. The van der Waals surface area contributed by atoms with Gasteiger partial charge in [-0.05, 0) is 6.07 Å². The molecular formula is C12H9FN4O4S. The number of carboxylic acid groups (broad SMARTS) is 1. The molecule has 0 aliphatic rings. The summed E-state index contributed by atoms with van der Waals surface area (Å²) < 4.78 is 38.0. The third-order valence-electron chi connectivity index (χ3n) is 2.97. The van der Waals surface area contributed by atoms with E-state index < -0.39 is 26.5 Å². The number of benzene rings is 1. The zero-order valence-corrected chi connectivity index (χ0v) is 11.9. The number of nitrogens with one attached hydrogen (secondary N) is 1.